The molecule has 0 radical (unpaired) electrons. The number of hydrogen-bond acceptors (Lipinski definition) is 10. The highest BCUT2D eigenvalue weighted by Crippen LogP contribution is 2.50. The number of allylic oxidation sites excluding steroid dienone is 2. The largest absolute Gasteiger partial charge is 0.480 e. The minimum atomic E-state index is -1.83. The van der Waals surface area contributed by atoms with Gasteiger partial charge in [-0.25, -0.2) is 0 Å². The predicted octanol–water partition coefficient (Wildman–Crippen LogP) is -1.10. The molecule has 0 bridgehead atoms. The number of ether oxygens (including phenoxy) is 1. The maximum absolute atomic E-state index is 14.0. The van der Waals surface area contributed by atoms with Gasteiger partial charge in [0, 0.05) is 18.8 Å². The van der Waals surface area contributed by atoms with Gasteiger partial charge in [0.25, 0.3) is 0 Å². The molecular formula is C26H38N4O10S. The number of thioether (sulfide) groups is 1. The summed E-state index contributed by atoms with van der Waals surface area (Å²) in [5.74, 6) is -5.72. The average molecular weight is 599 g/mol. The Labute approximate surface area is 241 Å². The second kappa shape index (κ2) is 13.8. The molecule has 0 aromatic carbocycles. The molecule has 1 aliphatic carbocycles. The van der Waals surface area contributed by atoms with Crippen molar-refractivity contribution >= 4 is 46.5 Å². The Morgan fingerprint density at radius 1 is 1.24 bits per heavy atom. The third-order valence-corrected chi connectivity index (χ3v) is 9.13. The Hall–Kier alpha value is -3.01. The van der Waals surface area contributed by atoms with E-state index in [1.54, 1.807) is 6.92 Å². The van der Waals surface area contributed by atoms with E-state index in [2.05, 4.69) is 16.0 Å². The van der Waals surface area contributed by atoms with E-state index in [0.29, 0.717) is 18.2 Å². The Balaban J connectivity index is 1.80. The average Bonchev–Trinajstić information content (AvgIpc) is 3.43. The second-order valence-corrected chi connectivity index (χ2v) is 11.8. The Morgan fingerprint density at radius 3 is 2.61 bits per heavy atom. The number of nitrogens with two attached hydrogens (primary N) is 1. The third kappa shape index (κ3) is 7.26. The number of hydrogen-bond donors (Lipinski definition) is 7. The smallest absolute Gasteiger partial charge is 0.322 e. The zero-order valence-corrected chi connectivity index (χ0v) is 23.6. The summed E-state index contributed by atoms with van der Waals surface area (Å²) >= 11 is 0.601. The van der Waals surface area contributed by atoms with Crippen LogP contribution in [-0.2, 0) is 33.5 Å². The molecule has 0 aromatic heterocycles. The number of carbonyl (C=O) groups excluding carboxylic acids is 4. The van der Waals surface area contributed by atoms with Crippen molar-refractivity contribution in [1.29, 1.82) is 0 Å². The quantitative estimate of drug-likeness (QED) is 0.118. The number of amides is 3. The summed E-state index contributed by atoms with van der Waals surface area (Å²) in [7, 11) is 0. The zero-order valence-electron chi connectivity index (χ0n) is 22.8. The van der Waals surface area contributed by atoms with Crippen LogP contribution in [0.1, 0.15) is 51.9 Å². The molecule has 41 heavy (non-hydrogen) atoms. The summed E-state index contributed by atoms with van der Waals surface area (Å²) in [6, 6.07) is -2.69. The molecule has 0 spiro atoms. The van der Waals surface area contributed by atoms with Crippen LogP contribution in [-0.4, -0.2) is 98.3 Å². The lowest BCUT2D eigenvalue weighted by Gasteiger charge is -2.44. The number of carboxylic acids is 2. The van der Waals surface area contributed by atoms with Crippen LogP contribution in [0.25, 0.3) is 0 Å². The van der Waals surface area contributed by atoms with Gasteiger partial charge in [0.15, 0.2) is 5.54 Å². The van der Waals surface area contributed by atoms with Gasteiger partial charge >= 0.3 is 11.9 Å². The van der Waals surface area contributed by atoms with E-state index in [4.69, 9.17) is 20.7 Å². The van der Waals surface area contributed by atoms with Crippen molar-refractivity contribution in [3.05, 3.63) is 12.2 Å². The SMILES string of the molecule is C[C@]12OCC[C@H]1C(=O)N[C@]2(C(=O)SCC(NC(=O)CCC(N)C(=O)O)C(=O)NCC(=O)O)C(O)C[C@@H]1C=CCCC1. The summed E-state index contributed by atoms with van der Waals surface area (Å²) in [5.41, 5.74) is 2.24. The lowest BCUT2D eigenvalue weighted by molar-refractivity contribution is -0.141. The van der Waals surface area contributed by atoms with Crippen LogP contribution in [0.2, 0.25) is 0 Å². The number of carboxylic acid groups (broad SMARTS) is 2. The minimum Gasteiger partial charge on any atom is -0.480 e. The molecule has 3 aliphatic rings. The Bertz CT molecular complexity index is 1090. The van der Waals surface area contributed by atoms with Crippen LogP contribution in [0, 0.1) is 11.8 Å². The number of aliphatic hydroxyl groups is 1. The monoisotopic (exact) mass is 598 g/mol. The molecule has 14 nitrogen and oxygen atoms in total. The highest BCUT2D eigenvalue weighted by molar-refractivity contribution is 8.13. The van der Waals surface area contributed by atoms with Crippen molar-refractivity contribution in [1.82, 2.24) is 16.0 Å². The maximum atomic E-state index is 14.0. The fourth-order valence-electron chi connectivity index (χ4n) is 5.71. The molecule has 2 heterocycles. The van der Waals surface area contributed by atoms with Crippen LogP contribution in [0.5, 0.6) is 0 Å². The van der Waals surface area contributed by atoms with Crippen LogP contribution >= 0.6 is 11.8 Å². The first-order valence-corrected chi connectivity index (χ1v) is 14.6. The number of rotatable bonds is 14. The molecule has 228 valence electrons. The van der Waals surface area contributed by atoms with Crippen molar-refractivity contribution < 1.29 is 48.8 Å². The lowest BCUT2D eigenvalue weighted by Crippen LogP contribution is -2.68. The van der Waals surface area contributed by atoms with Crippen molar-refractivity contribution in [2.75, 3.05) is 18.9 Å². The van der Waals surface area contributed by atoms with Gasteiger partial charge in [-0.15, -0.1) is 0 Å². The fraction of sp³-hybridized carbons (Fsp3) is 0.692. The zero-order chi connectivity index (χ0) is 30.4. The van der Waals surface area contributed by atoms with Crippen LogP contribution in [0.3, 0.4) is 0 Å². The van der Waals surface area contributed by atoms with E-state index in [-0.39, 0.29) is 37.5 Å². The van der Waals surface area contributed by atoms with E-state index in [9.17, 15) is 33.9 Å². The van der Waals surface area contributed by atoms with Crippen molar-refractivity contribution in [2.24, 2.45) is 17.6 Å². The van der Waals surface area contributed by atoms with Crippen molar-refractivity contribution in [3.63, 3.8) is 0 Å². The molecule has 3 unspecified atom stereocenters. The highest BCUT2D eigenvalue weighted by Gasteiger charge is 2.71. The standard InChI is InChI=1S/C26H38N4O10S/c1-25-15(9-10-40-25)21(35)30-26(25,18(31)11-14-5-3-2-4-6-14)24(39)41-13-17(22(36)28-12-20(33)34)29-19(32)8-7-16(27)23(37)38/h3,5,14-18,31H,2,4,6-13,27H2,1H3,(H,28,36)(H,29,32)(H,30,35)(H,33,34)(H,37,38)/t14-,15+,16?,17?,18?,25+,26+/m1/s1. The summed E-state index contributed by atoms with van der Waals surface area (Å²) in [4.78, 5) is 74.1. The fourth-order valence-corrected chi connectivity index (χ4v) is 6.88. The number of fused-ring (bicyclic) bond motifs is 1. The van der Waals surface area contributed by atoms with Gasteiger partial charge in [-0.1, -0.05) is 23.9 Å². The van der Waals surface area contributed by atoms with Crippen molar-refractivity contribution in [2.45, 2.75) is 81.2 Å². The topological polar surface area (TPSA) is 234 Å². The van der Waals surface area contributed by atoms with Gasteiger partial charge in [0.05, 0.1) is 12.0 Å². The predicted molar refractivity (Wildman–Crippen MR) is 145 cm³/mol. The molecule has 7 atom stereocenters. The maximum Gasteiger partial charge on any atom is 0.322 e. The summed E-state index contributed by atoms with van der Waals surface area (Å²) in [6.45, 7) is 1.10. The minimum absolute atomic E-state index is 0.0135. The number of nitrogens with one attached hydrogen (secondary N) is 3. The molecule has 8 N–H and O–H groups in total. The van der Waals surface area contributed by atoms with Gasteiger partial charge in [-0.3, -0.25) is 28.8 Å². The molecule has 3 rings (SSSR count). The van der Waals surface area contributed by atoms with E-state index in [1.807, 2.05) is 12.2 Å². The van der Waals surface area contributed by atoms with Gasteiger partial charge in [-0.2, -0.15) is 0 Å². The first-order valence-electron chi connectivity index (χ1n) is 13.6. The number of carbonyl (C=O) groups is 6. The molecular weight excluding hydrogens is 560 g/mol. The van der Waals surface area contributed by atoms with Gasteiger partial charge in [-0.05, 0) is 51.4 Å². The van der Waals surface area contributed by atoms with E-state index in [0.717, 1.165) is 19.3 Å². The van der Waals surface area contributed by atoms with E-state index < -0.39 is 76.6 Å². The molecule has 15 heteroatoms. The lowest BCUT2D eigenvalue weighted by atomic mass is 9.72. The highest BCUT2D eigenvalue weighted by atomic mass is 32.2. The Morgan fingerprint density at radius 2 is 1.98 bits per heavy atom. The molecule has 2 fully saturated rings. The van der Waals surface area contributed by atoms with Gasteiger partial charge < -0.3 is 41.7 Å². The number of aliphatic hydroxyl groups excluding tert-OH is 1. The molecule has 0 saturated carbocycles. The number of aliphatic carboxylic acids is 2. The van der Waals surface area contributed by atoms with E-state index in [1.165, 1.54) is 0 Å². The van der Waals surface area contributed by atoms with Crippen LogP contribution < -0.4 is 21.7 Å². The van der Waals surface area contributed by atoms with Gasteiger partial charge in [0.2, 0.25) is 22.8 Å². The third-order valence-electron chi connectivity index (χ3n) is 8.04. The first kappa shape index (κ1) is 32.5. The molecule has 0 aromatic rings. The van der Waals surface area contributed by atoms with Crippen molar-refractivity contribution in [3.8, 4) is 0 Å². The van der Waals surface area contributed by atoms with Crippen LogP contribution in [0.15, 0.2) is 12.2 Å². The molecule has 3 amide bonds. The second-order valence-electron chi connectivity index (χ2n) is 10.8. The summed E-state index contributed by atoms with van der Waals surface area (Å²) in [6.07, 6.45) is 5.34. The summed E-state index contributed by atoms with van der Waals surface area (Å²) < 4.78 is 5.97. The normalized spacial score (nSPS) is 29.1. The molecule has 2 saturated heterocycles. The summed E-state index contributed by atoms with van der Waals surface area (Å²) in [5, 5.41) is 36.0. The first-order chi connectivity index (χ1) is 19.3. The van der Waals surface area contributed by atoms with E-state index >= 15 is 0 Å². The van der Waals surface area contributed by atoms with Crippen LogP contribution in [0.4, 0.5) is 0 Å². The van der Waals surface area contributed by atoms with Gasteiger partial charge in [0.1, 0.15) is 24.2 Å². The Kier molecular flexibility index (Phi) is 10.9. The molecule has 2 aliphatic heterocycles.